The van der Waals surface area contributed by atoms with E-state index in [4.69, 9.17) is 37.4 Å². The molecule has 0 aliphatic carbocycles. The summed E-state index contributed by atoms with van der Waals surface area (Å²) in [6.07, 6.45) is 1.59. The van der Waals surface area contributed by atoms with Crippen molar-refractivity contribution in [2.45, 2.75) is 0 Å². The van der Waals surface area contributed by atoms with Gasteiger partial charge in [0.1, 0.15) is 12.4 Å². The molecular weight excluding hydrogens is 652 g/mol. The third kappa shape index (κ3) is 6.59. The van der Waals surface area contributed by atoms with Crippen LogP contribution in [0.1, 0.15) is 15.9 Å². The number of carbonyl (C=O) groups is 3. The molecule has 11 heteroatoms. The summed E-state index contributed by atoms with van der Waals surface area (Å²) in [6.45, 7) is 0.183. The second-order valence-electron chi connectivity index (χ2n) is 7.54. The number of nitrogens with zero attached hydrogens (tertiary/aromatic N) is 1. The first-order valence-electron chi connectivity index (χ1n) is 10.7. The Morgan fingerprint density at radius 1 is 1.05 bits per heavy atom. The highest BCUT2D eigenvalue weighted by molar-refractivity contribution is 14.1. The predicted octanol–water partition coefficient (Wildman–Crippen LogP) is 6.94. The molecule has 0 saturated carbocycles. The molecule has 0 aromatic heterocycles. The molecular formula is C26H18Cl2INO6S. The fourth-order valence-electron chi connectivity index (χ4n) is 3.31. The maximum atomic E-state index is 12.9. The van der Waals surface area contributed by atoms with Gasteiger partial charge in [-0.2, -0.15) is 0 Å². The Balaban J connectivity index is 1.47. The Labute approximate surface area is 240 Å². The molecule has 3 aromatic rings. The molecule has 0 atom stereocenters. The Morgan fingerprint density at radius 2 is 1.78 bits per heavy atom. The molecule has 4 rings (SSSR count). The first kappa shape index (κ1) is 27.3. The lowest BCUT2D eigenvalue weighted by Gasteiger charge is -2.14. The van der Waals surface area contributed by atoms with E-state index in [0.717, 1.165) is 16.7 Å². The molecule has 190 valence electrons. The molecule has 1 aliphatic heterocycles. The van der Waals surface area contributed by atoms with Crippen LogP contribution in [0.25, 0.3) is 6.08 Å². The van der Waals surface area contributed by atoms with Crippen molar-refractivity contribution in [3.63, 3.8) is 0 Å². The smallest absolute Gasteiger partial charge is 0.343 e. The van der Waals surface area contributed by atoms with Gasteiger partial charge in [0.25, 0.3) is 11.1 Å². The highest BCUT2D eigenvalue weighted by Crippen LogP contribution is 2.37. The third-order valence-electron chi connectivity index (χ3n) is 5.11. The molecule has 0 radical (unpaired) electrons. The van der Waals surface area contributed by atoms with Gasteiger partial charge in [-0.25, -0.2) is 4.79 Å². The van der Waals surface area contributed by atoms with Crippen molar-refractivity contribution in [2.24, 2.45) is 0 Å². The minimum absolute atomic E-state index is 0.0771. The van der Waals surface area contributed by atoms with Crippen LogP contribution in [0.15, 0.2) is 65.6 Å². The second kappa shape index (κ2) is 12.2. The first-order chi connectivity index (χ1) is 17.8. The van der Waals surface area contributed by atoms with E-state index in [-0.39, 0.29) is 23.8 Å². The average Bonchev–Trinajstić information content (AvgIpc) is 3.14. The van der Waals surface area contributed by atoms with E-state index in [1.807, 2.05) is 22.6 Å². The molecule has 3 aromatic carbocycles. The highest BCUT2D eigenvalue weighted by Gasteiger charge is 2.35. The summed E-state index contributed by atoms with van der Waals surface area (Å²) in [7, 11) is 1.45. The number of hydrogen-bond donors (Lipinski definition) is 0. The summed E-state index contributed by atoms with van der Waals surface area (Å²) in [6, 6.07) is 16.6. The van der Waals surface area contributed by atoms with Crippen LogP contribution in [0.4, 0.5) is 4.79 Å². The standard InChI is InChI=1S/C26H18Cl2INO6S/c1-34-21-13-15(12-19(29)23(21)36-25(32)16-6-8-17(27)9-7-16)14-22-24(31)30(26(33)37-22)10-11-35-20-5-3-2-4-18(20)28/h2-9,12-14H,10-11H2,1H3/b22-14-. The molecule has 0 bridgehead atoms. The lowest BCUT2D eigenvalue weighted by Crippen LogP contribution is -2.32. The lowest BCUT2D eigenvalue weighted by molar-refractivity contribution is -0.123. The normalized spacial score (nSPS) is 14.3. The van der Waals surface area contributed by atoms with Crippen LogP contribution in [0.5, 0.6) is 17.2 Å². The summed E-state index contributed by atoms with van der Waals surface area (Å²) in [5, 5.41) is 0.558. The number of halogens is 3. The number of rotatable bonds is 8. The number of ether oxygens (including phenoxy) is 3. The third-order valence-corrected chi connectivity index (χ3v) is 7.38. The molecule has 37 heavy (non-hydrogen) atoms. The number of methoxy groups -OCH3 is 1. The van der Waals surface area contributed by atoms with Crippen molar-refractivity contribution in [3.8, 4) is 17.2 Å². The summed E-state index contributed by atoms with van der Waals surface area (Å²) in [5.41, 5.74) is 0.934. The number of thioether (sulfide) groups is 1. The maximum Gasteiger partial charge on any atom is 0.343 e. The molecule has 1 saturated heterocycles. The summed E-state index contributed by atoms with van der Waals surface area (Å²) in [5.74, 6) is 0.0220. The number of hydrogen-bond acceptors (Lipinski definition) is 7. The van der Waals surface area contributed by atoms with Gasteiger partial charge in [0.15, 0.2) is 11.5 Å². The zero-order valence-electron chi connectivity index (χ0n) is 19.2. The minimum Gasteiger partial charge on any atom is -0.493 e. The van der Waals surface area contributed by atoms with Crippen molar-refractivity contribution in [3.05, 3.63) is 90.3 Å². The summed E-state index contributed by atoms with van der Waals surface area (Å²) < 4.78 is 17.2. The molecule has 1 aliphatic rings. The topological polar surface area (TPSA) is 82.1 Å². The molecule has 0 N–H and O–H groups in total. The fraction of sp³-hybridized carbons (Fsp3) is 0.115. The van der Waals surface area contributed by atoms with E-state index >= 15 is 0 Å². The number of amides is 2. The number of para-hydroxylation sites is 1. The molecule has 0 spiro atoms. The second-order valence-corrected chi connectivity index (χ2v) is 10.5. The lowest BCUT2D eigenvalue weighted by atomic mass is 10.1. The molecule has 2 amide bonds. The Kier molecular flexibility index (Phi) is 9.01. The van der Waals surface area contributed by atoms with Gasteiger partial charge in [0, 0.05) is 5.02 Å². The van der Waals surface area contributed by atoms with Crippen LogP contribution in [0.2, 0.25) is 10.0 Å². The van der Waals surface area contributed by atoms with Crippen LogP contribution >= 0.6 is 57.6 Å². The quantitative estimate of drug-likeness (QED) is 0.111. The van der Waals surface area contributed by atoms with E-state index in [9.17, 15) is 14.4 Å². The minimum atomic E-state index is -0.569. The molecule has 7 nitrogen and oxygen atoms in total. The van der Waals surface area contributed by atoms with Gasteiger partial charge >= 0.3 is 5.97 Å². The highest BCUT2D eigenvalue weighted by atomic mass is 127. The van der Waals surface area contributed by atoms with E-state index < -0.39 is 17.1 Å². The maximum absolute atomic E-state index is 12.9. The number of esters is 1. The van der Waals surface area contributed by atoms with Crippen molar-refractivity contribution < 1.29 is 28.6 Å². The zero-order chi connectivity index (χ0) is 26.5. The van der Waals surface area contributed by atoms with Gasteiger partial charge in [-0.1, -0.05) is 35.3 Å². The predicted molar refractivity (Wildman–Crippen MR) is 152 cm³/mol. The number of imide groups is 1. The summed E-state index contributed by atoms with van der Waals surface area (Å²) in [4.78, 5) is 39.3. The molecule has 1 fully saturated rings. The van der Waals surface area contributed by atoms with Gasteiger partial charge in [0.2, 0.25) is 0 Å². The zero-order valence-corrected chi connectivity index (χ0v) is 23.7. The largest absolute Gasteiger partial charge is 0.493 e. The van der Waals surface area contributed by atoms with Crippen LogP contribution in [0, 0.1) is 3.57 Å². The van der Waals surface area contributed by atoms with Gasteiger partial charge in [0.05, 0.1) is 32.7 Å². The van der Waals surface area contributed by atoms with Crippen molar-refractivity contribution in [2.75, 3.05) is 20.3 Å². The number of benzene rings is 3. The average molecular weight is 670 g/mol. The monoisotopic (exact) mass is 669 g/mol. The SMILES string of the molecule is COc1cc(/C=C2\SC(=O)N(CCOc3ccccc3Cl)C2=O)cc(I)c1OC(=O)c1ccc(Cl)cc1. The first-order valence-corrected chi connectivity index (χ1v) is 13.4. The van der Waals surface area contributed by atoms with Crippen LogP contribution in [-0.4, -0.2) is 42.3 Å². The van der Waals surface area contributed by atoms with Crippen molar-refractivity contribution >= 4 is 80.7 Å². The van der Waals surface area contributed by atoms with E-state index in [2.05, 4.69) is 0 Å². The molecule has 0 unspecified atom stereocenters. The van der Waals surface area contributed by atoms with Crippen molar-refractivity contribution in [1.82, 2.24) is 4.90 Å². The van der Waals surface area contributed by atoms with Gasteiger partial charge in [-0.05, 0) is 94.5 Å². The van der Waals surface area contributed by atoms with E-state index in [0.29, 0.717) is 36.2 Å². The van der Waals surface area contributed by atoms with Gasteiger partial charge < -0.3 is 14.2 Å². The van der Waals surface area contributed by atoms with Gasteiger partial charge in [-0.3, -0.25) is 14.5 Å². The van der Waals surface area contributed by atoms with Crippen molar-refractivity contribution in [1.29, 1.82) is 0 Å². The van der Waals surface area contributed by atoms with E-state index in [1.165, 1.54) is 7.11 Å². The summed E-state index contributed by atoms with van der Waals surface area (Å²) >= 11 is 14.8. The Bertz CT molecular complexity index is 1400. The molecule has 1 heterocycles. The van der Waals surface area contributed by atoms with E-state index in [1.54, 1.807) is 66.7 Å². The number of carbonyl (C=O) groups excluding carboxylic acids is 3. The van der Waals surface area contributed by atoms with Crippen LogP contribution in [-0.2, 0) is 4.79 Å². The fourth-order valence-corrected chi connectivity index (χ4v) is 5.23. The Hall–Kier alpha value is -2.73. The van der Waals surface area contributed by atoms with Crippen LogP contribution in [0.3, 0.4) is 0 Å². The van der Waals surface area contributed by atoms with Gasteiger partial charge in [-0.15, -0.1) is 0 Å². The Morgan fingerprint density at radius 3 is 2.49 bits per heavy atom. The van der Waals surface area contributed by atoms with Crippen LogP contribution < -0.4 is 14.2 Å².